The molecular formula is C15H17NS. The lowest BCUT2D eigenvalue weighted by Crippen LogP contribution is -1.86. The second-order valence-electron chi connectivity index (χ2n) is 4.75. The molecule has 2 heteroatoms. The minimum Gasteiger partial charge on any atom is -0.241 e. The molecule has 0 amide bonds. The molecule has 17 heavy (non-hydrogen) atoms. The molecule has 1 fully saturated rings. The van der Waals surface area contributed by atoms with Crippen LogP contribution in [0.3, 0.4) is 0 Å². The maximum Gasteiger partial charge on any atom is 0.0976 e. The Hall–Kier alpha value is -1.15. The van der Waals surface area contributed by atoms with Crippen molar-refractivity contribution in [2.75, 3.05) is 0 Å². The molecule has 1 aromatic carbocycles. The second-order valence-corrected chi connectivity index (χ2v) is 5.87. The van der Waals surface area contributed by atoms with E-state index in [0.717, 1.165) is 17.9 Å². The Bertz CT molecular complexity index is 487. The lowest BCUT2D eigenvalue weighted by Gasteiger charge is -1.98. The second kappa shape index (κ2) is 5.01. The summed E-state index contributed by atoms with van der Waals surface area (Å²) in [5, 5.41) is 1.24. The zero-order valence-electron chi connectivity index (χ0n) is 9.93. The van der Waals surface area contributed by atoms with E-state index in [9.17, 15) is 0 Å². The third-order valence-electron chi connectivity index (χ3n) is 3.44. The van der Waals surface area contributed by atoms with Crippen LogP contribution in [0.15, 0.2) is 36.4 Å². The number of nitrogens with zero attached hydrogens (tertiary/aromatic N) is 1. The summed E-state index contributed by atoms with van der Waals surface area (Å²) in [4.78, 5) is 4.64. The Balaban J connectivity index is 1.68. The SMILES string of the molecule is C(=C\C1CCCC1)/Cc1nc2ccccc2s1. The lowest BCUT2D eigenvalue weighted by atomic mass is 10.1. The molecule has 0 spiro atoms. The van der Waals surface area contributed by atoms with E-state index in [0.29, 0.717) is 0 Å². The van der Waals surface area contributed by atoms with Gasteiger partial charge in [0.05, 0.1) is 15.2 Å². The van der Waals surface area contributed by atoms with Gasteiger partial charge < -0.3 is 0 Å². The van der Waals surface area contributed by atoms with Crippen LogP contribution >= 0.6 is 11.3 Å². The monoisotopic (exact) mass is 243 g/mol. The van der Waals surface area contributed by atoms with Crippen LogP contribution in [0.25, 0.3) is 10.2 Å². The van der Waals surface area contributed by atoms with Gasteiger partial charge in [-0.15, -0.1) is 11.3 Å². The number of thiazole rings is 1. The van der Waals surface area contributed by atoms with Crippen LogP contribution in [0.1, 0.15) is 30.7 Å². The van der Waals surface area contributed by atoms with Crippen molar-refractivity contribution in [1.82, 2.24) is 4.98 Å². The van der Waals surface area contributed by atoms with Gasteiger partial charge >= 0.3 is 0 Å². The van der Waals surface area contributed by atoms with Crippen LogP contribution in [-0.2, 0) is 6.42 Å². The van der Waals surface area contributed by atoms with Gasteiger partial charge in [0.1, 0.15) is 0 Å². The summed E-state index contributed by atoms with van der Waals surface area (Å²) in [6.45, 7) is 0. The molecule has 88 valence electrons. The summed E-state index contributed by atoms with van der Waals surface area (Å²) in [5.74, 6) is 0.837. The number of aromatic nitrogens is 1. The van der Waals surface area contributed by atoms with Gasteiger partial charge in [-0.3, -0.25) is 0 Å². The van der Waals surface area contributed by atoms with Crippen molar-refractivity contribution < 1.29 is 0 Å². The fourth-order valence-electron chi connectivity index (χ4n) is 2.52. The first-order valence-corrected chi connectivity index (χ1v) is 7.24. The van der Waals surface area contributed by atoms with Crippen LogP contribution in [0.5, 0.6) is 0 Å². The summed E-state index contributed by atoms with van der Waals surface area (Å²) in [6, 6.07) is 8.38. The predicted molar refractivity (Wildman–Crippen MR) is 74.4 cm³/mol. The minimum absolute atomic E-state index is 0.837. The van der Waals surface area contributed by atoms with Gasteiger partial charge in [0.15, 0.2) is 0 Å². The highest BCUT2D eigenvalue weighted by atomic mass is 32.1. The van der Waals surface area contributed by atoms with Gasteiger partial charge in [-0.1, -0.05) is 37.1 Å². The molecule has 1 saturated carbocycles. The molecule has 0 bridgehead atoms. The third kappa shape index (κ3) is 2.58. The lowest BCUT2D eigenvalue weighted by molar-refractivity contribution is 0.684. The maximum atomic E-state index is 4.64. The molecule has 0 N–H and O–H groups in total. The average molecular weight is 243 g/mol. The van der Waals surface area contributed by atoms with E-state index in [4.69, 9.17) is 0 Å². The van der Waals surface area contributed by atoms with E-state index in [1.807, 2.05) is 11.3 Å². The Morgan fingerprint density at radius 1 is 1.24 bits per heavy atom. The summed E-state index contributed by atoms with van der Waals surface area (Å²) in [6.07, 6.45) is 11.3. The largest absolute Gasteiger partial charge is 0.241 e. The third-order valence-corrected chi connectivity index (χ3v) is 4.50. The number of para-hydroxylation sites is 1. The number of allylic oxidation sites excluding steroid dienone is 2. The van der Waals surface area contributed by atoms with Gasteiger partial charge in [0, 0.05) is 6.42 Å². The zero-order valence-corrected chi connectivity index (χ0v) is 10.7. The molecule has 1 aliphatic carbocycles. The highest BCUT2D eigenvalue weighted by Crippen LogP contribution is 2.26. The highest BCUT2D eigenvalue weighted by Gasteiger charge is 2.11. The van der Waals surface area contributed by atoms with Gasteiger partial charge in [-0.2, -0.15) is 0 Å². The van der Waals surface area contributed by atoms with Gasteiger partial charge in [0.25, 0.3) is 0 Å². The van der Waals surface area contributed by atoms with Crippen molar-refractivity contribution in [1.29, 1.82) is 0 Å². The van der Waals surface area contributed by atoms with E-state index in [1.165, 1.54) is 35.4 Å². The summed E-state index contributed by atoms with van der Waals surface area (Å²) in [5.41, 5.74) is 1.14. The maximum absolute atomic E-state index is 4.64. The summed E-state index contributed by atoms with van der Waals surface area (Å²) < 4.78 is 1.30. The van der Waals surface area contributed by atoms with Crippen LogP contribution in [0, 0.1) is 5.92 Å². The summed E-state index contributed by atoms with van der Waals surface area (Å²) >= 11 is 1.82. The molecule has 1 heterocycles. The predicted octanol–water partition coefficient (Wildman–Crippen LogP) is 4.59. The first-order valence-electron chi connectivity index (χ1n) is 6.43. The number of fused-ring (bicyclic) bond motifs is 1. The topological polar surface area (TPSA) is 12.9 Å². The highest BCUT2D eigenvalue weighted by molar-refractivity contribution is 7.18. The van der Waals surface area contributed by atoms with E-state index in [-0.39, 0.29) is 0 Å². The van der Waals surface area contributed by atoms with Crippen molar-refractivity contribution in [2.45, 2.75) is 32.1 Å². The fraction of sp³-hybridized carbons (Fsp3) is 0.400. The Labute approximate surface area is 106 Å². The number of hydrogen-bond donors (Lipinski definition) is 0. The Kier molecular flexibility index (Phi) is 3.23. The van der Waals surface area contributed by atoms with Crippen molar-refractivity contribution in [3.63, 3.8) is 0 Å². The van der Waals surface area contributed by atoms with Crippen molar-refractivity contribution in [2.24, 2.45) is 5.92 Å². The molecule has 1 aliphatic rings. The molecule has 0 radical (unpaired) electrons. The number of benzene rings is 1. The molecule has 2 aromatic rings. The normalized spacial score (nSPS) is 17.4. The number of rotatable bonds is 3. The molecule has 0 aliphatic heterocycles. The zero-order chi connectivity index (χ0) is 11.5. The smallest absolute Gasteiger partial charge is 0.0976 e. The number of hydrogen-bond acceptors (Lipinski definition) is 2. The molecule has 3 rings (SSSR count). The fourth-order valence-corrected chi connectivity index (χ4v) is 3.46. The van der Waals surface area contributed by atoms with Crippen molar-refractivity contribution in [3.05, 3.63) is 41.4 Å². The quantitative estimate of drug-likeness (QED) is 0.719. The van der Waals surface area contributed by atoms with Gasteiger partial charge in [-0.25, -0.2) is 4.98 Å². The standard InChI is InChI=1S/C15H17NS/c1-2-7-12(6-1)8-5-11-15-16-13-9-3-4-10-14(13)17-15/h3-5,8-10,12H,1-2,6-7,11H2/b8-5+. The van der Waals surface area contributed by atoms with Crippen LogP contribution < -0.4 is 0 Å². The van der Waals surface area contributed by atoms with E-state index in [2.05, 4.69) is 41.4 Å². The van der Waals surface area contributed by atoms with Crippen LogP contribution in [-0.4, -0.2) is 4.98 Å². The summed E-state index contributed by atoms with van der Waals surface area (Å²) in [7, 11) is 0. The Morgan fingerprint density at radius 3 is 2.88 bits per heavy atom. The molecular weight excluding hydrogens is 226 g/mol. The minimum atomic E-state index is 0.837. The van der Waals surface area contributed by atoms with Crippen molar-refractivity contribution >= 4 is 21.6 Å². The van der Waals surface area contributed by atoms with E-state index < -0.39 is 0 Å². The molecule has 1 nitrogen and oxygen atoms in total. The molecule has 0 unspecified atom stereocenters. The first-order chi connectivity index (χ1) is 8.42. The van der Waals surface area contributed by atoms with E-state index in [1.54, 1.807) is 0 Å². The van der Waals surface area contributed by atoms with Gasteiger partial charge in [0.2, 0.25) is 0 Å². The molecule has 0 saturated heterocycles. The molecule has 1 aromatic heterocycles. The molecule has 0 atom stereocenters. The first kappa shape index (κ1) is 11.0. The average Bonchev–Trinajstić information content (AvgIpc) is 2.96. The van der Waals surface area contributed by atoms with Crippen molar-refractivity contribution in [3.8, 4) is 0 Å². The van der Waals surface area contributed by atoms with Crippen LogP contribution in [0.2, 0.25) is 0 Å². The van der Waals surface area contributed by atoms with Crippen LogP contribution in [0.4, 0.5) is 0 Å². The van der Waals surface area contributed by atoms with E-state index >= 15 is 0 Å². The Morgan fingerprint density at radius 2 is 2.06 bits per heavy atom. The van der Waals surface area contributed by atoms with Gasteiger partial charge in [-0.05, 0) is 30.9 Å².